The van der Waals surface area contributed by atoms with Gasteiger partial charge in [-0.2, -0.15) is 0 Å². The summed E-state index contributed by atoms with van der Waals surface area (Å²) >= 11 is 0. The highest BCUT2D eigenvalue weighted by atomic mass is 16.4. The number of nitrogens with zero attached hydrogens (tertiary/aromatic N) is 5. The maximum absolute atomic E-state index is 9.97. The van der Waals surface area contributed by atoms with E-state index in [4.69, 9.17) is 19.8 Å². The van der Waals surface area contributed by atoms with Gasteiger partial charge in [-0.15, -0.1) is 10.2 Å². The van der Waals surface area contributed by atoms with E-state index in [1.807, 2.05) is 10.6 Å². The van der Waals surface area contributed by atoms with E-state index < -0.39 is 11.9 Å². The molecule has 3 heterocycles. The maximum atomic E-state index is 9.97. The summed E-state index contributed by atoms with van der Waals surface area (Å²) in [5, 5.41) is 33.8. The van der Waals surface area contributed by atoms with Gasteiger partial charge in [-0.3, -0.25) is 9.47 Å². The molecule has 1 saturated heterocycles. The first kappa shape index (κ1) is 27.0. The van der Waals surface area contributed by atoms with Gasteiger partial charge in [0.05, 0.1) is 6.61 Å². The number of aliphatic hydroxyl groups excluding tert-OH is 1. The van der Waals surface area contributed by atoms with Gasteiger partial charge in [0.2, 0.25) is 0 Å². The quantitative estimate of drug-likeness (QED) is 0.256. The Morgan fingerprint density at radius 1 is 1.00 bits per heavy atom. The molecule has 2 aromatic heterocycles. The van der Waals surface area contributed by atoms with Gasteiger partial charge in [0.15, 0.2) is 0 Å². The highest BCUT2D eigenvalue weighted by Gasteiger charge is 2.26. The van der Waals surface area contributed by atoms with Gasteiger partial charge in [-0.05, 0) is 48.7 Å². The van der Waals surface area contributed by atoms with E-state index in [-0.39, 0.29) is 12.6 Å². The van der Waals surface area contributed by atoms with Crippen molar-refractivity contribution in [1.82, 2.24) is 29.5 Å². The molecule has 0 aliphatic carbocycles. The minimum absolute atomic E-state index is 0.198. The summed E-state index contributed by atoms with van der Waals surface area (Å²) in [6.45, 7) is 5.13. The number of aliphatic carboxylic acids is 2. The number of piperazine rings is 1. The molecule has 1 aliphatic rings. The van der Waals surface area contributed by atoms with E-state index in [9.17, 15) is 5.11 Å². The molecule has 38 heavy (non-hydrogen) atoms. The molecule has 1 fully saturated rings. The highest BCUT2D eigenvalue weighted by Crippen LogP contribution is 2.23. The van der Waals surface area contributed by atoms with Crippen LogP contribution in [0.4, 0.5) is 0 Å². The third-order valence-corrected chi connectivity index (χ3v) is 6.70. The third kappa shape index (κ3) is 7.03. The van der Waals surface area contributed by atoms with Crippen molar-refractivity contribution in [3.8, 4) is 5.69 Å². The van der Waals surface area contributed by atoms with Gasteiger partial charge < -0.3 is 25.2 Å². The van der Waals surface area contributed by atoms with Crippen LogP contribution in [-0.4, -0.2) is 95.6 Å². The molecule has 2 aromatic carbocycles. The molecule has 5 rings (SSSR count). The Morgan fingerprint density at radius 3 is 2.42 bits per heavy atom. The zero-order valence-electron chi connectivity index (χ0n) is 21.0. The van der Waals surface area contributed by atoms with E-state index in [0.29, 0.717) is 0 Å². The van der Waals surface area contributed by atoms with Crippen molar-refractivity contribution in [1.29, 1.82) is 0 Å². The van der Waals surface area contributed by atoms with Gasteiger partial charge in [0, 0.05) is 55.0 Å². The van der Waals surface area contributed by atoms with Gasteiger partial charge >= 0.3 is 11.9 Å². The van der Waals surface area contributed by atoms with Crippen molar-refractivity contribution >= 4 is 22.8 Å². The Hall–Kier alpha value is -4.06. The fraction of sp³-hybridized carbons (Fsp3) is 0.333. The van der Waals surface area contributed by atoms with Crippen molar-refractivity contribution < 1.29 is 24.9 Å². The van der Waals surface area contributed by atoms with Crippen molar-refractivity contribution in [3.63, 3.8) is 0 Å². The Bertz CT molecular complexity index is 1310. The minimum Gasteiger partial charge on any atom is -0.473 e. The van der Waals surface area contributed by atoms with Crippen molar-refractivity contribution in [3.05, 3.63) is 78.5 Å². The normalized spacial score (nSPS) is 16.2. The number of benzene rings is 2. The number of fused-ring (bicyclic) bond motifs is 1. The smallest absolute Gasteiger partial charge is 0.414 e. The van der Waals surface area contributed by atoms with Crippen LogP contribution in [0.2, 0.25) is 0 Å². The molecule has 4 aromatic rings. The second kappa shape index (κ2) is 13.0. The standard InChI is InChI=1S/C25H30N6O.C2H2O4/c32-17-23-16-29(11-12-30(23)15-20-5-2-1-3-6-20)10-4-7-21-14-26-25-9-8-22(13-24(21)25)31-18-27-28-19-31;3-1(4)2(5)6/h1-3,5-6,8-9,13-14,18-19,23,26,32H,4,7,10-12,15-17H2;(H,3,4)(H,5,6). The molecule has 200 valence electrons. The molecule has 1 aliphatic heterocycles. The Balaban J connectivity index is 0.000000505. The second-order valence-corrected chi connectivity index (χ2v) is 9.22. The van der Waals surface area contributed by atoms with E-state index in [2.05, 4.69) is 73.6 Å². The first-order valence-corrected chi connectivity index (χ1v) is 12.5. The molecule has 1 unspecified atom stereocenters. The number of H-pyrrole nitrogens is 1. The number of rotatable bonds is 8. The van der Waals surface area contributed by atoms with Crippen LogP contribution in [0.5, 0.6) is 0 Å². The predicted octanol–water partition coefficient (Wildman–Crippen LogP) is 2.02. The van der Waals surface area contributed by atoms with E-state index in [1.165, 1.54) is 16.5 Å². The second-order valence-electron chi connectivity index (χ2n) is 9.22. The van der Waals surface area contributed by atoms with Crippen LogP contribution in [-0.2, 0) is 22.6 Å². The first-order chi connectivity index (χ1) is 18.4. The Kier molecular flexibility index (Phi) is 9.20. The zero-order valence-corrected chi connectivity index (χ0v) is 21.0. The van der Waals surface area contributed by atoms with Crippen molar-refractivity contribution in [2.45, 2.75) is 25.4 Å². The maximum Gasteiger partial charge on any atom is 0.414 e. The summed E-state index contributed by atoms with van der Waals surface area (Å²) in [6.07, 6.45) is 7.71. The highest BCUT2D eigenvalue weighted by molar-refractivity contribution is 6.27. The number of aliphatic hydroxyl groups is 1. The summed E-state index contributed by atoms with van der Waals surface area (Å²) in [4.78, 5) is 26.5. The van der Waals surface area contributed by atoms with Crippen LogP contribution in [0.25, 0.3) is 16.6 Å². The fourth-order valence-electron chi connectivity index (χ4n) is 4.72. The Labute approximate surface area is 220 Å². The molecule has 0 amide bonds. The predicted molar refractivity (Wildman–Crippen MR) is 141 cm³/mol. The van der Waals surface area contributed by atoms with Gasteiger partial charge in [0.1, 0.15) is 12.7 Å². The SMILES string of the molecule is O=C(O)C(=O)O.OCC1CN(CCCc2c[nH]c3ccc(-n4cnnc4)cc23)CCN1Cc1ccccc1. The molecule has 0 bridgehead atoms. The Morgan fingerprint density at radius 2 is 1.74 bits per heavy atom. The average molecular weight is 521 g/mol. The van der Waals surface area contributed by atoms with Crippen LogP contribution >= 0.6 is 0 Å². The third-order valence-electron chi connectivity index (χ3n) is 6.70. The monoisotopic (exact) mass is 520 g/mol. The number of aryl methyl sites for hydroxylation is 1. The number of nitrogens with one attached hydrogen (secondary N) is 1. The molecule has 1 atom stereocenters. The largest absolute Gasteiger partial charge is 0.473 e. The molecule has 0 spiro atoms. The molecule has 11 nitrogen and oxygen atoms in total. The van der Waals surface area contributed by atoms with Crippen LogP contribution in [0.1, 0.15) is 17.5 Å². The summed E-state index contributed by atoms with van der Waals surface area (Å²) in [7, 11) is 0. The van der Waals surface area contributed by atoms with Gasteiger partial charge in [-0.25, -0.2) is 9.59 Å². The van der Waals surface area contributed by atoms with Crippen LogP contribution < -0.4 is 0 Å². The lowest BCUT2D eigenvalue weighted by molar-refractivity contribution is -0.159. The number of aromatic amines is 1. The van der Waals surface area contributed by atoms with Crippen LogP contribution in [0.3, 0.4) is 0 Å². The van der Waals surface area contributed by atoms with E-state index in [1.54, 1.807) is 12.7 Å². The molecule has 0 saturated carbocycles. The number of carboxylic acids is 2. The summed E-state index contributed by atoms with van der Waals surface area (Å²) < 4.78 is 1.93. The lowest BCUT2D eigenvalue weighted by atomic mass is 10.1. The van der Waals surface area contributed by atoms with Crippen molar-refractivity contribution in [2.75, 3.05) is 32.8 Å². The minimum atomic E-state index is -1.82. The first-order valence-electron chi connectivity index (χ1n) is 12.5. The number of aromatic nitrogens is 4. The summed E-state index contributed by atoms with van der Waals surface area (Å²) in [5.41, 5.74) is 4.89. The lowest BCUT2D eigenvalue weighted by Crippen LogP contribution is -2.54. The topological polar surface area (TPSA) is 148 Å². The molecule has 0 radical (unpaired) electrons. The summed E-state index contributed by atoms with van der Waals surface area (Å²) in [5.74, 6) is -3.65. The number of hydrogen-bond acceptors (Lipinski definition) is 7. The van der Waals surface area contributed by atoms with Crippen LogP contribution in [0.15, 0.2) is 67.4 Å². The summed E-state index contributed by atoms with van der Waals surface area (Å²) in [6, 6.07) is 17.1. The molecular formula is C27H32N6O5. The lowest BCUT2D eigenvalue weighted by Gasteiger charge is -2.40. The number of carbonyl (C=O) groups is 2. The van der Waals surface area contributed by atoms with Crippen molar-refractivity contribution in [2.24, 2.45) is 0 Å². The number of hydrogen-bond donors (Lipinski definition) is 4. The van der Waals surface area contributed by atoms with Gasteiger partial charge in [-0.1, -0.05) is 30.3 Å². The molecular weight excluding hydrogens is 488 g/mol. The zero-order chi connectivity index (χ0) is 26.9. The van der Waals surface area contributed by atoms with Crippen LogP contribution in [0, 0.1) is 0 Å². The van der Waals surface area contributed by atoms with E-state index >= 15 is 0 Å². The molecule has 4 N–H and O–H groups in total. The molecule has 11 heteroatoms. The fourth-order valence-corrected chi connectivity index (χ4v) is 4.72. The average Bonchev–Trinajstić information content (AvgIpc) is 3.61. The number of carboxylic acid groups (broad SMARTS) is 2. The van der Waals surface area contributed by atoms with E-state index in [0.717, 1.165) is 56.8 Å². The van der Waals surface area contributed by atoms with Gasteiger partial charge in [0.25, 0.3) is 0 Å².